The largest absolute Gasteiger partial charge is 0.439 e. The predicted molar refractivity (Wildman–Crippen MR) is 76.8 cm³/mol. The summed E-state index contributed by atoms with van der Waals surface area (Å²) in [6.45, 7) is 0. The zero-order valence-corrected chi connectivity index (χ0v) is 13.1. The molecule has 1 heterocycles. The van der Waals surface area contributed by atoms with Gasteiger partial charge in [0, 0.05) is 10.0 Å². The van der Waals surface area contributed by atoms with Gasteiger partial charge in [-0.15, -0.1) is 0 Å². The van der Waals surface area contributed by atoms with Crippen molar-refractivity contribution >= 4 is 31.9 Å². The van der Waals surface area contributed by atoms with E-state index in [0.29, 0.717) is 15.8 Å². The second-order valence-electron chi connectivity index (χ2n) is 4.01. The minimum Gasteiger partial charge on any atom is -0.439 e. The van der Waals surface area contributed by atoms with E-state index < -0.39 is 11.8 Å². The smallest absolute Gasteiger partial charge is 0.205 e. The molecule has 1 aliphatic rings. The highest BCUT2D eigenvalue weighted by molar-refractivity contribution is 9.11. The van der Waals surface area contributed by atoms with E-state index in [1.807, 2.05) is 18.2 Å². The van der Waals surface area contributed by atoms with Gasteiger partial charge in [-0.1, -0.05) is 15.9 Å². The van der Waals surface area contributed by atoms with Crippen LogP contribution in [0, 0.1) is 39.9 Å². The molecule has 2 N–H and O–H groups in total. The average Bonchev–Trinajstić information content (AvgIpc) is 2.41. The van der Waals surface area contributed by atoms with E-state index in [2.05, 4.69) is 31.9 Å². The van der Waals surface area contributed by atoms with Crippen LogP contribution < -0.4 is 10.5 Å². The Bertz CT molecular complexity index is 722. The number of hydrogen-bond acceptors (Lipinski definition) is 5. The number of allylic oxidation sites excluding steroid dienone is 1. The first-order valence-electron chi connectivity index (χ1n) is 5.39. The van der Waals surface area contributed by atoms with Gasteiger partial charge >= 0.3 is 0 Å². The maximum absolute atomic E-state index is 9.23. The Balaban J connectivity index is 2.75. The topological polar surface area (TPSA) is 107 Å². The van der Waals surface area contributed by atoms with Gasteiger partial charge in [0.05, 0.1) is 28.1 Å². The van der Waals surface area contributed by atoms with Crippen molar-refractivity contribution < 1.29 is 4.74 Å². The van der Waals surface area contributed by atoms with Gasteiger partial charge in [-0.2, -0.15) is 15.8 Å². The minimum absolute atomic E-state index is 0.0801. The number of rotatable bonds is 1. The third-order valence-electron chi connectivity index (χ3n) is 2.89. The summed E-state index contributed by atoms with van der Waals surface area (Å²) < 4.78 is 6.81. The monoisotopic (exact) mass is 392 g/mol. The number of nitriles is 3. The van der Waals surface area contributed by atoms with Crippen LogP contribution in [-0.2, 0) is 0 Å². The fourth-order valence-electron chi connectivity index (χ4n) is 2.04. The average molecular weight is 394 g/mol. The molecule has 0 saturated heterocycles. The van der Waals surface area contributed by atoms with Gasteiger partial charge in [0.1, 0.15) is 17.7 Å². The lowest BCUT2D eigenvalue weighted by Crippen LogP contribution is -2.24. The van der Waals surface area contributed by atoms with Crippen LogP contribution in [0.15, 0.2) is 32.5 Å². The Kier molecular flexibility index (Phi) is 3.99. The zero-order valence-electron chi connectivity index (χ0n) is 9.89. The molecule has 7 heteroatoms. The van der Waals surface area contributed by atoms with Crippen LogP contribution in [0.3, 0.4) is 0 Å². The number of halogens is 2. The Labute approximate surface area is 132 Å². The molecule has 0 aliphatic carbocycles. The van der Waals surface area contributed by atoms with E-state index in [1.165, 1.54) is 0 Å². The lowest BCUT2D eigenvalue weighted by atomic mass is 9.80. The highest BCUT2D eigenvalue weighted by Gasteiger charge is 2.36. The van der Waals surface area contributed by atoms with Gasteiger partial charge in [0.2, 0.25) is 5.88 Å². The molecule has 0 fully saturated rings. The van der Waals surface area contributed by atoms with E-state index >= 15 is 0 Å². The zero-order chi connectivity index (χ0) is 14.9. The Hall–Kier alpha value is -2.01. The highest BCUT2D eigenvalue weighted by atomic mass is 79.9. The molecule has 0 aromatic heterocycles. The summed E-state index contributed by atoms with van der Waals surface area (Å²) in [4.78, 5) is 0. The van der Waals surface area contributed by atoms with E-state index in [-0.39, 0.29) is 11.5 Å². The highest BCUT2D eigenvalue weighted by Crippen LogP contribution is 2.46. The molecular formula is C13H6Br2N4O. The van der Waals surface area contributed by atoms with Crippen LogP contribution in [0.5, 0.6) is 5.75 Å². The summed E-state index contributed by atoms with van der Waals surface area (Å²) in [5.41, 5.74) is 6.40. The summed E-state index contributed by atoms with van der Waals surface area (Å²) in [6, 6.07) is 9.20. The summed E-state index contributed by atoms with van der Waals surface area (Å²) in [5, 5.41) is 27.5. The van der Waals surface area contributed by atoms with E-state index in [9.17, 15) is 5.26 Å². The van der Waals surface area contributed by atoms with Gasteiger partial charge < -0.3 is 10.5 Å². The maximum Gasteiger partial charge on any atom is 0.205 e. The van der Waals surface area contributed by atoms with E-state index in [4.69, 9.17) is 21.0 Å². The van der Waals surface area contributed by atoms with Crippen LogP contribution in [0.25, 0.3) is 0 Å². The second kappa shape index (κ2) is 5.54. The van der Waals surface area contributed by atoms with Crippen molar-refractivity contribution in [3.8, 4) is 24.0 Å². The Morgan fingerprint density at radius 1 is 1.20 bits per heavy atom. The van der Waals surface area contributed by atoms with Crippen LogP contribution in [-0.4, -0.2) is 0 Å². The summed E-state index contributed by atoms with van der Waals surface area (Å²) in [5.74, 6) is -1.41. The van der Waals surface area contributed by atoms with Crippen molar-refractivity contribution in [3.05, 3.63) is 38.1 Å². The van der Waals surface area contributed by atoms with Crippen molar-refractivity contribution in [3.63, 3.8) is 0 Å². The SMILES string of the molecule is N#CC1=C(N)Oc2c(Br)cc(Br)cc2[C@@H]1C(C#N)C#N. The molecule has 1 atom stereocenters. The van der Waals surface area contributed by atoms with Gasteiger partial charge in [-0.25, -0.2) is 0 Å². The standard InChI is InChI=1S/C13H6Br2N4O/c14-7-1-8-11(6(3-16)4-17)9(5-18)13(19)20-12(8)10(15)2-7/h1-2,6,11H,19H2/t11-/m0/s1. The molecule has 0 unspecified atom stereocenters. The van der Waals surface area contributed by atoms with Gasteiger partial charge in [-0.05, 0) is 28.1 Å². The fourth-order valence-corrected chi connectivity index (χ4v) is 3.38. The molecule has 1 aromatic rings. The summed E-state index contributed by atoms with van der Waals surface area (Å²) >= 11 is 6.68. The molecule has 0 saturated carbocycles. The lowest BCUT2D eigenvalue weighted by molar-refractivity contribution is 0.380. The van der Waals surface area contributed by atoms with Crippen LogP contribution >= 0.6 is 31.9 Å². The minimum atomic E-state index is -1.02. The van der Waals surface area contributed by atoms with Crippen LogP contribution in [0.4, 0.5) is 0 Å². The first-order chi connectivity index (χ1) is 9.53. The maximum atomic E-state index is 9.23. The van der Waals surface area contributed by atoms with E-state index in [0.717, 1.165) is 4.47 Å². The molecule has 20 heavy (non-hydrogen) atoms. The van der Waals surface area contributed by atoms with Gasteiger partial charge in [-0.3, -0.25) is 0 Å². The van der Waals surface area contributed by atoms with Gasteiger partial charge in [0.15, 0.2) is 0 Å². The first kappa shape index (κ1) is 14.4. The Morgan fingerprint density at radius 3 is 2.40 bits per heavy atom. The fraction of sp³-hybridized carbons (Fsp3) is 0.154. The predicted octanol–water partition coefficient (Wildman–Crippen LogP) is 3.04. The molecule has 1 aromatic carbocycles. The number of ether oxygens (including phenoxy) is 1. The first-order valence-corrected chi connectivity index (χ1v) is 6.97. The van der Waals surface area contributed by atoms with Crippen LogP contribution in [0.2, 0.25) is 0 Å². The van der Waals surface area contributed by atoms with Crippen molar-refractivity contribution in [1.29, 1.82) is 15.8 Å². The second-order valence-corrected chi connectivity index (χ2v) is 5.78. The van der Waals surface area contributed by atoms with Gasteiger partial charge in [0.25, 0.3) is 0 Å². The molecule has 0 radical (unpaired) electrons. The summed E-state index contributed by atoms with van der Waals surface area (Å²) in [7, 11) is 0. The lowest BCUT2D eigenvalue weighted by Gasteiger charge is -2.27. The molecule has 0 amide bonds. The number of nitrogens with zero attached hydrogens (tertiary/aromatic N) is 3. The number of nitrogens with two attached hydrogens (primary N) is 1. The quantitative estimate of drug-likeness (QED) is 0.788. The number of fused-ring (bicyclic) bond motifs is 1. The molecule has 0 bridgehead atoms. The number of hydrogen-bond donors (Lipinski definition) is 1. The number of benzene rings is 1. The molecule has 0 spiro atoms. The van der Waals surface area contributed by atoms with Crippen molar-refractivity contribution in [2.45, 2.75) is 5.92 Å². The molecule has 2 rings (SSSR count). The molecule has 5 nitrogen and oxygen atoms in total. The third kappa shape index (κ3) is 2.25. The van der Waals surface area contributed by atoms with Crippen molar-refractivity contribution in [1.82, 2.24) is 0 Å². The molecule has 98 valence electrons. The molecule has 1 aliphatic heterocycles. The van der Waals surface area contributed by atoms with Crippen molar-refractivity contribution in [2.24, 2.45) is 11.7 Å². The summed E-state index contributed by atoms with van der Waals surface area (Å²) in [6.07, 6.45) is 0. The van der Waals surface area contributed by atoms with Crippen LogP contribution in [0.1, 0.15) is 11.5 Å². The van der Waals surface area contributed by atoms with Crippen molar-refractivity contribution in [2.75, 3.05) is 0 Å². The van der Waals surface area contributed by atoms with E-state index in [1.54, 1.807) is 12.1 Å². The molecular weight excluding hydrogens is 388 g/mol. The normalized spacial score (nSPS) is 16.7. The third-order valence-corrected chi connectivity index (χ3v) is 3.94. The Morgan fingerprint density at radius 2 is 1.85 bits per heavy atom.